The van der Waals surface area contributed by atoms with Crippen LogP contribution in [0.3, 0.4) is 0 Å². The third-order valence-electron chi connectivity index (χ3n) is 3.19. The number of ether oxygens (including phenoxy) is 3. The Labute approximate surface area is 150 Å². The average Bonchev–Trinajstić information content (AvgIpc) is 2.55. The number of hydrogen-bond acceptors (Lipinski definition) is 4. The van der Waals surface area contributed by atoms with E-state index in [0.29, 0.717) is 29.5 Å². The summed E-state index contributed by atoms with van der Waals surface area (Å²) < 4.78 is 17.1. The number of carbonyl (C=O) groups is 1. The van der Waals surface area contributed by atoms with E-state index in [4.69, 9.17) is 14.2 Å². The van der Waals surface area contributed by atoms with Crippen LogP contribution in [0, 0.1) is 6.92 Å². The monoisotopic (exact) mass is 393 g/mol. The maximum atomic E-state index is 12.1. The Morgan fingerprint density at radius 2 is 1.83 bits per heavy atom. The zero-order valence-corrected chi connectivity index (χ0v) is 15.5. The minimum atomic E-state index is -0.256. The standard InChI is InChI=1S/C18H20BrNO4/c1-4-23-16-8-6-13(10-17(16)22-3)20-18(21)11-24-15-7-5-12(2)9-14(15)19/h5-10H,4,11H2,1-3H3,(H,20,21). The largest absolute Gasteiger partial charge is 0.493 e. The lowest BCUT2D eigenvalue weighted by atomic mass is 10.2. The first kappa shape index (κ1) is 18.1. The molecule has 0 radical (unpaired) electrons. The van der Waals surface area contributed by atoms with E-state index in [1.807, 2.05) is 32.0 Å². The van der Waals surface area contributed by atoms with Gasteiger partial charge in [-0.1, -0.05) is 6.07 Å². The first-order chi connectivity index (χ1) is 11.5. The van der Waals surface area contributed by atoms with Gasteiger partial charge in [0.2, 0.25) is 0 Å². The normalized spacial score (nSPS) is 10.2. The molecule has 2 aromatic rings. The highest BCUT2D eigenvalue weighted by Crippen LogP contribution is 2.30. The molecular formula is C18H20BrNO4. The molecule has 0 saturated carbocycles. The van der Waals surface area contributed by atoms with Crippen molar-refractivity contribution in [2.45, 2.75) is 13.8 Å². The second-order valence-electron chi connectivity index (χ2n) is 5.07. The van der Waals surface area contributed by atoms with E-state index in [1.165, 1.54) is 0 Å². The number of halogens is 1. The topological polar surface area (TPSA) is 56.8 Å². The zero-order chi connectivity index (χ0) is 17.5. The molecule has 24 heavy (non-hydrogen) atoms. The molecule has 1 N–H and O–H groups in total. The van der Waals surface area contributed by atoms with Crippen LogP contribution in [0.2, 0.25) is 0 Å². The summed E-state index contributed by atoms with van der Waals surface area (Å²) in [7, 11) is 1.56. The fraction of sp³-hybridized carbons (Fsp3) is 0.278. The fourth-order valence-corrected chi connectivity index (χ4v) is 2.69. The molecule has 0 aliphatic rings. The predicted molar refractivity (Wildman–Crippen MR) is 97.2 cm³/mol. The number of benzene rings is 2. The SMILES string of the molecule is CCOc1ccc(NC(=O)COc2ccc(C)cc2Br)cc1OC. The fourth-order valence-electron chi connectivity index (χ4n) is 2.08. The van der Waals surface area contributed by atoms with E-state index in [-0.39, 0.29) is 12.5 Å². The maximum Gasteiger partial charge on any atom is 0.262 e. The minimum Gasteiger partial charge on any atom is -0.493 e. The highest BCUT2D eigenvalue weighted by molar-refractivity contribution is 9.10. The highest BCUT2D eigenvalue weighted by Gasteiger charge is 2.09. The summed E-state index contributed by atoms with van der Waals surface area (Å²) in [5.74, 6) is 1.57. The number of methoxy groups -OCH3 is 1. The summed E-state index contributed by atoms with van der Waals surface area (Å²) in [4.78, 5) is 12.1. The molecule has 0 aliphatic carbocycles. The number of amides is 1. The Balaban J connectivity index is 1.96. The van der Waals surface area contributed by atoms with Crippen molar-refractivity contribution < 1.29 is 19.0 Å². The van der Waals surface area contributed by atoms with Gasteiger partial charge < -0.3 is 19.5 Å². The predicted octanol–water partition coefficient (Wildman–Crippen LogP) is 4.18. The molecule has 0 saturated heterocycles. The first-order valence-corrected chi connectivity index (χ1v) is 8.32. The average molecular weight is 394 g/mol. The van der Waals surface area contributed by atoms with E-state index in [9.17, 15) is 4.79 Å². The van der Waals surface area contributed by atoms with Crippen LogP contribution in [0.25, 0.3) is 0 Å². The first-order valence-electron chi connectivity index (χ1n) is 7.53. The molecular weight excluding hydrogens is 374 g/mol. The van der Waals surface area contributed by atoms with Crippen LogP contribution in [0.15, 0.2) is 40.9 Å². The van der Waals surface area contributed by atoms with E-state index in [1.54, 1.807) is 25.3 Å². The van der Waals surface area contributed by atoms with Crippen molar-refractivity contribution in [1.29, 1.82) is 0 Å². The van der Waals surface area contributed by atoms with Gasteiger partial charge in [-0.2, -0.15) is 0 Å². The number of aryl methyl sites for hydroxylation is 1. The molecule has 0 aromatic heterocycles. The molecule has 0 bridgehead atoms. The van der Waals surface area contributed by atoms with Crippen molar-refractivity contribution in [3.05, 3.63) is 46.4 Å². The van der Waals surface area contributed by atoms with Crippen LogP contribution in [0.5, 0.6) is 17.2 Å². The lowest BCUT2D eigenvalue weighted by molar-refractivity contribution is -0.118. The van der Waals surface area contributed by atoms with Crippen LogP contribution in [0.4, 0.5) is 5.69 Å². The van der Waals surface area contributed by atoms with Gasteiger partial charge in [0.25, 0.3) is 5.91 Å². The van der Waals surface area contributed by atoms with Gasteiger partial charge in [-0.25, -0.2) is 0 Å². The molecule has 0 aliphatic heterocycles. The van der Waals surface area contributed by atoms with Crippen molar-refractivity contribution in [2.24, 2.45) is 0 Å². The molecule has 0 spiro atoms. The van der Waals surface area contributed by atoms with Crippen molar-refractivity contribution in [3.8, 4) is 17.2 Å². The Morgan fingerprint density at radius 3 is 2.50 bits per heavy atom. The van der Waals surface area contributed by atoms with Crippen LogP contribution in [-0.4, -0.2) is 26.2 Å². The highest BCUT2D eigenvalue weighted by atomic mass is 79.9. The van der Waals surface area contributed by atoms with Gasteiger partial charge in [0.1, 0.15) is 5.75 Å². The molecule has 6 heteroatoms. The number of anilines is 1. The van der Waals surface area contributed by atoms with Crippen LogP contribution in [0.1, 0.15) is 12.5 Å². The second-order valence-corrected chi connectivity index (χ2v) is 5.92. The third-order valence-corrected chi connectivity index (χ3v) is 3.81. The van der Waals surface area contributed by atoms with Gasteiger partial charge in [0, 0.05) is 11.8 Å². The van der Waals surface area contributed by atoms with E-state index in [2.05, 4.69) is 21.2 Å². The lowest BCUT2D eigenvalue weighted by Gasteiger charge is -2.12. The Kier molecular flexibility index (Phi) is 6.49. The molecule has 2 aromatic carbocycles. The summed E-state index contributed by atoms with van der Waals surface area (Å²) >= 11 is 3.42. The van der Waals surface area contributed by atoms with Gasteiger partial charge in [0.15, 0.2) is 18.1 Å². The van der Waals surface area contributed by atoms with Crippen LogP contribution >= 0.6 is 15.9 Å². The summed E-state index contributed by atoms with van der Waals surface area (Å²) in [5.41, 5.74) is 1.73. The molecule has 2 rings (SSSR count). The summed E-state index contributed by atoms with van der Waals surface area (Å²) in [6.45, 7) is 4.34. The van der Waals surface area contributed by atoms with Gasteiger partial charge in [-0.3, -0.25) is 4.79 Å². The number of hydrogen-bond donors (Lipinski definition) is 1. The number of nitrogens with one attached hydrogen (secondary N) is 1. The van der Waals surface area contributed by atoms with Crippen molar-refractivity contribution in [2.75, 3.05) is 25.6 Å². The molecule has 1 amide bonds. The van der Waals surface area contributed by atoms with Crippen LogP contribution < -0.4 is 19.5 Å². The van der Waals surface area contributed by atoms with Gasteiger partial charge in [-0.15, -0.1) is 0 Å². The molecule has 0 atom stereocenters. The maximum absolute atomic E-state index is 12.1. The van der Waals surface area contributed by atoms with Crippen LogP contribution in [-0.2, 0) is 4.79 Å². The third kappa shape index (κ3) is 4.89. The van der Waals surface area contributed by atoms with Crippen molar-refractivity contribution in [3.63, 3.8) is 0 Å². The Hall–Kier alpha value is -2.21. The zero-order valence-electron chi connectivity index (χ0n) is 13.9. The molecule has 0 unspecified atom stereocenters. The van der Waals surface area contributed by atoms with Gasteiger partial charge in [0.05, 0.1) is 18.2 Å². The smallest absolute Gasteiger partial charge is 0.262 e. The Morgan fingerprint density at radius 1 is 1.08 bits per heavy atom. The molecule has 128 valence electrons. The number of carbonyl (C=O) groups excluding carboxylic acids is 1. The van der Waals surface area contributed by atoms with Gasteiger partial charge in [-0.05, 0) is 59.6 Å². The van der Waals surface area contributed by atoms with E-state index < -0.39 is 0 Å². The molecule has 0 fully saturated rings. The van der Waals surface area contributed by atoms with E-state index >= 15 is 0 Å². The lowest BCUT2D eigenvalue weighted by Crippen LogP contribution is -2.20. The second kappa shape index (κ2) is 8.59. The minimum absolute atomic E-state index is 0.0861. The van der Waals surface area contributed by atoms with Crippen molar-refractivity contribution in [1.82, 2.24) is 0 Å². The number of rotatable bonds is 7. The Bertz CT molecular complexity index is 718. The summed E-state index contributed by atoms with van der Waals surface area (Å²) in [6.07, 6.45) is 0. The molecule has 5 nitrogen and oxygen atoms in total. The quantitative estimate of drug-likeness (QED) is 0.766. The molecule has 0 heterocycles. The van der Waals surface area contributed by atoms with E-state index in [0.717, 1.165) is 10.0 Å². The van der Waals surface area contributed by atoms with Crippen molar-refractivity contribution >= 4 is 27.5 Å². The summed E-state index contributed by atoms with van der Waals surface area (Å²) in [6, 6.07) is 10.9. The van der Waals surface area contributed by atoms with Gasteiger partial charge >= 0.3 is 0 Å². The summed E-state index contributed by atoms with van der Waals surface area (Å²) in [5, 5.41) is 2.77.